The van der Waals surface area contributed by atoms with E-state index in [9.17, 15) is 5.11 Å². The van der Waals surface area contributed by atoms with Crippen molar-refractivity contribution in [3.63, 3.8) is 0 Å². The fourth-order valence-corrected chi connectivity index (χ4v) is 2.77. The third-order valence-corrected chi connectivity index (χ3v) is 3.61. The lowest BCUT2D eigenvalue weighted by Gasteiger charge is -2.11. The summed E-state index contributed by atoms with van der Waals surface area (Å²) in [6.45, 7) is 4.08. The van der Waals surface area contributed by atoms with E-state index in [1.807, 2.05) is 62.0 Å². The van der Waals surface area contributed by atoms with Gasteiger partial charge < -0.3 is 5.11 Å². The number of hydrogen-bond donors (Lipinski definition) is 1. The van der Waals surface area contributed by atoms with Gasteiger partial charge in [0.05, 0.1) is 5.52 Å². The van der Waals surface area contributed by atoms with E-state index in [0.717, 1.165) is 27.6 Å². The second-order valence-corrected chi connectivity index (χ2v) is 5.35. The normalized spacial score (nSPS) is 12.8. The highest BCUT2D eigenvalue weighted by atomic mass is 16.3. The van der Waals surface area contributed by atoms with Gasteiger partial charge in [0, 0.05) is 12.4 Å². The molecule has 3 rings (SSSR count). The minimum Gasteiger partial charge on any atom is -0.382 e. The summed E-state index contributed by atoms with van der Waals surface area (Å²) in [6, 6.07) is 14.1. The molecular formula is C17H18N2O. The average molecular weight is 266 g/mol. The van der Waals surface area contributed by atoms with E-state index in [0.29, 0.717) is 5.69 Å². The molecule has 0 saturated carbocycles. The van der Waals surface area contributed by atoms with E-state index in [4.69, 9.17) is 0 Å². The van der Waals surface area contributed by atoms with Crippen LogP contribution in [-0.4, -0.2) is 14.9 Å². The van der Waals surface area contributed by atoms with E-state index in [1.165, 1.54) is 0 Å². The van der Waals surface area contributed by atoms with Crippen LogP contribution in [0.5, 0.6) is 0 Å². The molecule has 1 atom stereocenters. The lowest BCUT2D eigenvalue weighted by atomic mass is 9.99. The van der Waals surface area contributed by atoms with Gasteiger partial charge in [-0.1, -0.05) is 47.5 Å². The Morgan fingerprint density at radius 3 is 2.40 bits per heavy atom. The van der Waals surface area contributed by atoms with Gasteiger partial charge in [-0.25, -0.2) is 0 Å². The van der Waals surface area contributed by atoms with Crippen molar-refractivity contribution in [2.75, 3.05) is 0 Å². The maximum absolute atomic E-state index is 10.7. The average Bonchev–Trinajstić information content (AvgIpc) is 2.75. The first-order valence-corrected chi connectivity index (χ1v) is 6.74. The zero-order valence-electron chi connectivity index (χ0n) is 12.0. The van der Waals surface area contributed by atoms with E-state index >= 15 is 0 Å². The molecule has 0 bridgehead atoms. The number of aromatic nitrogens is 2. The van der Waals surface area contributed by atoms with Crippen LogP contribution in [0.25, 0.3) is 10.9 Å². The molecule has 0 fully saturated rings. The van der Waals surface area contributed by atoms with Crippen LogP contribution < -0.4 is 0 Å². The summed E-state index contributed by atoms with van der Waals surface area (Å²) in [5.41, 5.74) is 4.95. The van der Waals surface area contributed by atoms with Crippen LogP contribution in [-0.2, 0) is 7.05 Å². The van der Waals surface area contributed by atoms with Crippen molar-refractivity contribution in [2.24, 2.45) is 7.05 Å². The predicted molar refractivity (Wildman–Crippen MR) is 80.7 cm³/mol. The summed E-state index contributed by atoms with van der Waals surface area (Å²) in [5.74, 6) is 0. The maximum atomic E-state index is 10.7. The van der Waals surface area contributed by atoms with Crippen molar-refractivity contribution >= 4 is 10.9 Å². The van der Waals surface area contributed by atoms with Crippen molar-refractivity contribution < 1.29 is 5.11 Å². The Labute approximate surface area is 118 Å². The molecule has 0 aliphatic heterocycles. The number of para-hydroxylation sites is 1. The summed E-state index contributed by atoms with van der Waals surface area (Å²) in [7, 11) is 1.90. The first kappa shape index (κ1) is 12.9. The summed E-state index contributed by atoms with van der Waals surface area (Å²) in [6.07, 6.45) is -0.695. The van der Waals surface area contributed by atoms with E-state index in [-0.39, 0.29) is 0 Å². The van der Waals surface area contributed by atoms with Gasteiger partial charge in [0.2, 0.25) is 0 Å². The lowest BCUT2D eigenvalue weighted by Crippen LogP contribution is -2.03. The number of aryl methyl sites for hydroxylation is 3. The first-order valence-electron chi connectivity index (χ1n) is 6.74. The van der Waals surface area contributed by atoms with Gasteiger partial charge in [-0.2, -0.15) is 5.10 Å². The zero-order valence-corrected chi connectivity index (χ0v) is 12.0. The Morgan fingerprint density at radius 1 is 1.05 bits per heavy atom. The first-order chi connectivity index (χ1) is 9.56. The van der Waals surface area contributed by atoms with Crippen LogP contribution >= 0.6 is 0 Å². The molecule has 0 amide bonds. The summed E-state index contributed by atoms with van der Waals surface area (Å²) < 4.78 is 1.82. The van der Waals surface area contributed by atoms with Crippen molar-refractivity contribution in [3.8, 4) is 0 Å². The molecule has 0 aliphatic rings. The molecule has 102 valence electrons. The fraction of sp³-hybridized carbons (Fsp3) is 0.235. The van der Waals surface area contributed by atoms with Crippen molar-refractivity contribution in [2.45, 2.75) is 20.0 Å². The number of aliphatic hydroxyl groups excluding tert-OH is 1. The maximum Gasteiger partial charge on any atom is 0.123 e. The van der Waals surface area contributed by atoms with Gasteiger partial charge in [0.25, 0.3) is 0 Å². The number of hydrogen-bond acceptors (Lipinski definition) is 2. The van der Waals surface area contributed by atoms with Gasteiger partial charge in [-0.15, -0.1) is 0 Å². The van der Waals surface area contributed by atoms with Crippen molar-refractivity contribution in [3.05, 3.63) is 64.8 Å². The minimum absolute atomic E-state index is 0.695. The van der Waals surface area contributed by atoms with Crippen LogP contribution in [0.1, 0.15) is 28.5 Å². The number of rotatable bonds is 2. The highest BCUT2D eigenvalue weighted by Crippen LogP contribution is 2.28. The van der Waals surface area contributed by atoms with Crippen LogP contribution in [0.15, 0.2) is 42.5 Å². The van der Waals surface area contributed by atoms with Gasteiger partial charge in [-0.05, 0) is 25.5 Å². The fourth-order valence-electron chi connectivity index (χ4n) is 2.77. The topological polar surface area (TPSA) is 38.1 Å². The molecule has 0 spiro atoms. The molecule has 3 heteroatoms. The molecule has 2 aromatic carbocycles. The SMILES string of the molecule is Cc1cc(C)cc(C(O)c2nn(C)c3ccccc23)c1. The molecule has 1 aromatic heterocycles. The van der Waals surface area contributed by atoms with E-state index in [2.05, 4.69) is 11.2 Å². The summed E-state index contributed by atoms with van der Waals surface area (Å²) >= 11 is 0. The van der Waals surface area contributed by atoms with Crippen molar-refractivity contribution in [1.29, 1.82) is 0 Å². The van der Waals surface area contributed by atoms with Gasteiger partial charge >= 0.3 is 0 Å². The van der Waals surface area contributed by atoms with Crippen LogP contribution in [0.4, 0.5) is 0 Å². The van der Waals surface area contributed by atoms with E-state index in [1.54, 1.807) is 0 Å². The highest BCUT2D eigenvalue weighted by Gasteiger charge is 2.18. The Bertz CT molecular complexity index is 754. The van der Waals surface area contributed by atoms with Crippen LogP contribution in [0, 0.1) is 13.8 Å². The third kappa shape index (κ3) is 2.10. The van der Waals surface area contributed by atoms with Gasteiger partial charge in [0.1, 0.15) is 11.8 Å². The predicted octanol–water partition coefficient (Wildman–Crippen LogP) is 3.27. The van der Waals surface area contributed by atoms with Crippen LogP contribution in [0.3, 0.4) is 0 Å². The molecule has 0 radical (unpaired) electrons. The van der Waals surface area contributed by atoms with Crippen molar-refractivity contribution in [1.82, 2.24) is 9.78 Å². The summed E-state index contributed by atoms with van der Waals surface area (Å²) in [5, 5.41) is 16.2. The monoisotopic (exact) mass is 266 g/mol. The Hall–Kier alpha value is -2.13. The Morgan fingerprint density at radius 2 is 1.70 bits per heavy atom. The number of aliphatic hydroxyl groups is 1. The molecule has 0 aliphatic carbocycles. The van der Waals surface area contributed by atoms with Crippen LogP contribution in [0.2, 0.25) is 0 Å². The number of benzene rings is 2. The quantitative estimate of drug-likeness (QED) is 0.773. The Kier molecular flexibility index (Phi) is 3.07. The lowest BCUT2D eigenvalue weighted by molar-refractivity contribution is 0.215. The molecule has 3 nitrogen and oxygen atoms in total. The number of fused-ring (bicyclic) bond motifs is 1. The molecule has 20 heavy (non-hydrogen) atoms. The molecular weight excluding hydrogens is 248 g/mol. The third-order valence-electron chi connectivity index (χ3n) is 3.61. The molecule has 3 aromatic rings. The second kappa shape index (κ2) is 4.76. The molecule has 1 N–H and O–H groups in total. The second-order valence-electron chi connectivity index (χ2n) is 5.35. The highest BCUT2D eigenvalue weighted by molar-refractivity contribution is 5.82. The van der Waals surface area contributed by atoms with Gasteiger partial charge in [0.15, 0.2) is 0 Å². The Balaban J connectivity index is 2.15. The standard InChI is InChI=1S/C17H18N2O/c1-11-8-12(2)10-13(9-11)17(20)16-14-6-4-5-7-15(14)19(3)18-16/h4-10,17,20H,1-3H3. The number of nitrogens with zero attached hydrogens (tertiary/aromatic N) is 2. The zero-order chi connectivity index (χ0) is 14.3. The van der Waals surface area contributed by atoms with Gasteiger partial charge in [-0.3, -0.25) is 4.68 Å². The largest absolute Gasteiger partial charge is 0.382 e. The molecule has 0 saturated heterocycles. The molecule has 1 unspecified atom stereocenters. The minimum atomic E-state index is -0.695. The van der Waals surface area contributed by atoms with E-state index < -0.39 is 6.10 Å². The molecule has 1 heterocycles. The summed E-state index contributed by atoms with van der Waals surface area (Å²) in [4.78, 5) is 0. The smallest absolute Gasteiger partial charge is 0.123 e.